The van der Waals surface area contributed by atoms with Crippen LogP contribution in [-0.4, -0.2) is 30.6 Å². The molecule has 0 saturated carbocycles. The van der Waals surface area contributed by atoms with Gasteiger partial charge in [0.1, 0.15) is 0 Å². The SMILES string of the molecule is Cn1cnc2cc(-c3cnc(C(=O)O)[nH]3)ccc21. The lowest BCUT2D eigenvalue weighted by atomic mass is 10.1. The largest absolute Gasteiger partial charge is 0.475 e. The molecule has 0 aliphatic carbocycles. The number of H-pyrrole nitrogens is 1. The van der Waals surface area contributed by atoms with E-state index in [9.17, 15) is 4.79 Å². The molecule has 2 heterocycles. The predicted molar refractivity (Wildman–Crippen MR) is 65.3 cm³/mol. The monoisotopic (exact) mass is 242 g/mol. The molecule has 3 rings (SSSR count). The van der Waals surface area contributed by atoms with E-state index in [1.165, 1.54) is 6.20 Å². The van der Waals surface area contributed by atoms with Gasteiger partial charge in [-0.2, -0.15) is 0 Å². The van der Waals surface area contributed by atoms with Gasteiger partial charge >= 0.3 is 5.97 Å². The van der Waals surface area contributed by atoms with E-state index in [1.807, 2.05) is 29.8 Å². The van der Waals surface area contributed by atoms with E-state index in [2.05, 4.69) is 15.0 Å². The fourth-order valence-electron chi connectivity index (χ4n) is 1.88. The standard InChI is InChI=1S/C12H10N4O2/c1-16-6-14-8-4-7(2-3-10(8)16)9-5-13-11(15-9)12(17)18/h2-6H,1H3,(H,13,15)(H,17,18). The zero-order chi connectivity index (χ0) is 12.7. The second-order valence-corrected chi connectivity index (χ2v) is 4.01. The third-order valence-electron chi connectivity index (χ3n) is 2.81. The molecule has 6 heteroatoms. The molecule has 0 aliphatic rings. The van der Waals surface area contributed by atoms with Crippen molar-refractivity contribution in [2.75, 3.05) is 0 Å². The predicted octanol–water partition coefficient (Wildman–Crippen LogP) is 1.66. The Balaban J connectivity index is 2.10. The van der Waals surface area contributed by atoms with Crippen LogP contribution in [0, 0.1) is 0 Å². The van der Waals surface area contributed by atoms with Gasteiger partial charge in [0, 0.05) is 12.6 Å². The number of aryl methyl sites for hydroxylation is 1. The van der Waals surface area contributed by atoms with Crippen molar-refractivity contribution in [3.05, 3.63) is 36.5 Å². The number of carboxylic acid groups (broad SMARTS) is 1. The lowest BCUT2D eigenvalue weighted by molar-refractivity contribution is 0.0685. The molecule has 0 saturated heterocycles. The quantitative estimate of drug-likeness (QED) is 0.715. The fraction of sp³-hybridized carbons (Fsp3) is 0.0833. The van der Waals surface area contributed by atoms with E-state index in [-0.39, 0.29) is 5.82 Å². The minimum Gasteiger partial charge on any atom is -0.475 e. The number of rotatable bonds is 2. The molecule has 0 unspecified atom stereocenters. The second-order valence-electron chi connectivity index (χ2n) is 4.01. The van der Waals surface area contributed by atoms with Crippen molar-refractivity contribution < 1.29 is 9.90 Å². The highest BCUT2D eigenvalue weighted by Crippen LogP contribution is 2.22. The van der Waals surface area contributed by atoms with Crippen LogP contribution in [0.25, 0.3) is 22.3 Å². The average Bonchev–Trinajstić information content (AvgIpc) is 2.96. The Kier molecular flexibility index (Phi) is 2.16. The summed E-state index contributed by atoms with van der Waals surface area (Å²) in [6, 6.07) is 5.75. The van der Waals surface area contributed by atoms with Crippen LogP contribution in [0.3, 0.4) is 0 Å². The third-order valence-corrected chi connectivity index (χ3v) is 2.81. The van der Waals surface area contributed by atoms with Crippen molar-refractivity contribution >= 4 is 17.0 Å². The molecule has 90 valence electrons. The molecule has 0 aliphatic heterocycles. The van der Waals surface area contributed by atoms with Gasteiger partial charge < -0.3 is 14.7 Å². The van der Waals surface area contributed by atoms with Gasteiger partial charge in [-0.25, -0.2) is 14.8 Å². The van der Waals surface area contributed by atoms with E-state index < -0.39 is 5.97 Å². The third kappa shape index (κ3) is 1.55. The Morgan fingerprint density at radius 3 is 2.94 bits per heavy atom. The van der Waals surface area contributed by atoms with Crippen LogP contribution in [0.15, 0.2) is 30.7 Å². The van der Waals surface area contributed by atoms with E-state index in [0.29, 0.717) is 5.69 Å². The summed E-state index contributed by atoms with van der Waals surface area (Å²) in [4.78, 5) is 21.6. The number of aromatic carboxylic acids is 1. The maximum atomic E-state index is 10.8. The number of hydrogen-bond acceptors (Lipinski definition) is 3. The van der Waals surface area contributed by atoms with Crippen LogP contribution in [0.4, 0.5) is 0 Å². The number of aromatic amines is 1. The summed E-state index contributed by atoms with van der Waals surface area (Å²) in [5.41, 5.74) is 3.42. The summed E-state index contributed by atoms with van der Waals surface area (Å²) >= 11 is 0. The highest BCUT2D eigenvalue weighted by Gasteiger charge is 2.10. The molecule has 3 aromatic rings. The minimum absolute atomic E-state index is 0.0638. The molecule has 1 aromatic carbocycles. The maximum absolute atomic E-state index is 10.8. The molecule has 6 nitrogen and oxygen atoms in total. The van der Waals surface area contributed by atoms with E-state index in [1.54, 1.807) is 6.33 Å². The Bertz CT molecular complexity index is 741. The Morgan fingerprint density at radius 2 is 2.22 bits per heavy atom. The number of carbonyl (C=O) groups is 1. The summed E-state index contributed by atoms with van der Waals surface area (Å²) in [5.74, 6) is -1.13. The first-order valence-corrected chi connectivity index (χ1v) is 5.35. The molecule has 0 radical (unpaired) electrons. The molecular weight excluding hydrogens is 232 g/mol. The van der Waals surface area contributed by atoms with Crippen molar-refractivity contribution in [2.45, 2.75) is 0 Å². The lowest BCUT2D eigenvalue weighted by Gasteiger charge is -1.98. The summed E-state index contributed by atoms with van der Waals surface area (Å²) in [6.45, 7) is 0. The molecule has 0 spiro atoms. The van der Waals surface area contributed by atoms with Gasteiger partial charge in [0.25, 0.3) is 0 Å². The summed E-state index contributed by atoms with van der Waals surface area (Å²) in [5, 5.41) is 8.81. The molecule has 0 fully saturated rings. The number of nitrogens with zero attached hydrogens (tertiary/aromatic N) is 3. The number of imidazole rings is 2. The highest BCUT2D eigenvalue weighted by molar-refractivity contribution is 5.85. The van der Waals surface area contributed by atoms with Crippen LogP contribution in [0.1, 0.15) is 10.6 Å². The highest BCUT2D eigenvalue weighted by atomic mass is 16.4. The van der Waals surface area contributed by atoms with Gasteiger partial charge in [0.15, 0.2) is 0 Å². The van der Waals surface area contributed by atoms with E-state index >= 15 is 0 Å². The molecule has 2 aromatic heterocycles. The van der Waals surface area contributed by atoms with Crippen molar-refractivity contribution in [1.82, 2.24) is 19.5 Å². The zero-order valence-electron chi connectivity index (χ0n) is 9.58. The van der Waals surface area contributed by atoms with Crippen LogP contribution in [0.5, 0.6) is 0 Å². The van der Waals surface area contributed by atoms with Crippen molar-refractivity contribution in [3.8, 4) is 11.3 Å². The van der Waals surface area contributed by atoms with Gasteiger partial charge in [-0.15, -0.1) is 0 Å². The molecular formula is C12H10N4O2. The van der Waals surface area contributed by atoms with Crippen molar-refractivity contribution in [2.24, 2.45) is 7.05 Å². The van der Waals surface area contributed by atoms with Crippen molar-refractivity contribution in [1.29, 1.82) is 0 Å². The maximum Gasteiger partial charge on any atom is 0.371 e. The Labute approximate surface area is 102 Å². The smallest absolute Gasteiger partial charge is 0.371 e. The van der Waals surface area contributed by atoms with Crippen LogP contribution in [0.2, 0.25) is 0 Å². The number of hydrogen-bond donors (Lipinski definition) is 2. The van der Waals surface area contributed by atoms with E-state index in [4.69, 9.17) is 5.11 Å². The number of aromatic nitrogens is 4. The number of fused-ring (bicyclic) bond motifs is 1. The molecule has 2 N–H and O–H groups in total. The summed E-state index contributed by atoms with van der Waals surface area (Å²) in [6.07, 6.45) is 3.25. The second kappa shape index (κ2) is 3.69. The minimum atomic E-state index is -1.07. The fourth-order valence-corrected chi connectivity index (χ4v) is 1.88. The van der Waals surface area contributed by atoms with Gasteiger partial charge in [-0.1, -0.05) is 6.07 Å². The topological polar surface area (TPSA) is 83.8 Å². The van der Waals surface area contributed by atoms with Gasteiger partial charge in [0.2, 0.25) is 5.82 Å². The van der Waals surface area contributed by atoms with Gasteiger partial charge in [-0.3, -0.25) is 0 Å². The molecule has 0 amide bonds. The zero-order valence-corrected chi connectivity index (χ0v) is 9.58. The molecule has 0 bridgehead atoms. The summed E-state index contributed by atoms with van der Waals surface area (Å²) < 4.78 is 1.93. The first-order valence-electron chi connectivity index (χ1n) is 5.35. The first kappa shape index (κ1) is 10.5. The first-order chi connectivity index (χ1) is 8.65. The Morgan fingerprint density at radius 1 is 1.39 bits per heavy atom. The van der Waals surface area contributed by atoms with Crippen LogP contribution >= 0.6 is 0 Å². The number of carboxylic acids is 1. The average molecular weight is 242 g/mol. The number of nitrogens with one attached hydrogen (secondary N) is 1. The molecule has 0 atom stereocenters. The van der Waals surface area contributed by atoms with Crippen LogP contribution in [-0.2, 0) is 7.05 Å². The van der Waals surface area contributed by atoms with E-state index in [0.717, 1.165) is 16.6 Å². The van der Waals surface area contributed by atoms with Gasteiger partial charge in [-0.05, 0) is 12.1 Å². The Hall–Kier alpha value is -2.63. The number of benzene rings is 1. The normalized spacial score (nSPS) is 10.9. The van der Waals surface area contributed by atoms with Crippen LogP contribution < -0.4 is 0 Å². The van der Waals surface area contributed by atoms with Crippen molar-refractivity contribution in [3.63, 3.8) is 0 Å². The van der Waals surface area contributed by atoms with Gasteiger partial charge in [0.05, 0.1) is 29.3 Å². The summed E-state index contributed by atoms with van der Waals surface area (Å²) in [7, 11) is 1.92. The molecule has 18 heavy (non-hydrogen) atoms. The lowest BCUT2D eigenvalue weighted by Crippen LogP contribution is -1.98.